The Morgan fingerprint density at radius 1 is 1.09 bits per heavy atom. The second-order valence-corrected chi connectivity index (χ2v) is 12.1. The number of fused-ring (bicyclic) bond motifs is 2. The first-order valence-electron chi connectivity index (χ1n) is 15.5. The van der Waals surface area contributed by atoms with E-state index in [4.69, 9.17) is 19.7 Å². The number of ether oxygens (including phenoxy) is 1. The number of hydrogen-bond acceptors (Lipinski definition) is 8. The summed E-state index contributed by atoms with van der Waals surface area (Å²) in [6.45, 7) is 10.2. The van der Waals surface area contributed by atoms with Crippen LogP contribution in [0, 0.1) is 0 Å². The van der Waals surface area contributed by atoms with Crippen molar-refractivity contribution in [3.63, 3.8) is 0 Å². The topological polar surface area (TPSA) is 118 Å². The van der Waals surface area contributed by atoms with E-state index < -0.39 is 0 Å². The van der Waals surface area contributed by atoms with Gasteiger partial charge in [-0.15, -0.1) is 0 Å². The first-order valence-corrected chi connectivity index (χ1v) is 15.5. The Balaban J connectivity index is 1.29. The highest BCUT2D eigenvalue weighted by Gasteiger charge is 2.23. The van der Waals surface area contributed by atoms with Gasteiger partial charge in [-0.1, -0.05) is 50.8 Å². The average Bonchev–Trinajstić information content (AvgIpc) is 3.48. The number of benzene rings is 2. The number of pyridine rings is 1. The molecule has 0 saturated heterocycles. The van der Waals surface area contributed by atoms with Gasteiger partial charge in [0.15, 0.2) is 5.65 Å². The van der Waals surface area contributed by atoms with Crippen LogP contribution in [-0.2, 0) is 16.1 Å². The third kappa shape index (κ3) is 6.51. The summed E-state index contributed by atoms with van der Waals surface area (Å²) in [4.78, 5) is 26.8. The van der Waals surface area contributed by atoms with Crippen LogP contribution in [0.4, 0.5) is 17.6 Å². The molecule has 1 amide bonds. The Morgan fingerprint density at radius 2 is 1.89 bits per heavy atom. The van der Waals surface area contributed by atoms with Crippen molar-refractivity contribution in [3.8, 4) is 11.3 Å². The van der Waals surface area contributed by atoms with Crippen molar-refractivity contribution in [2.45, 2.75) is 71.1 Å². The number of nitrogens with one attached hydrogen (secondary N) is 3. The van der Waals surface area contributed by atoms with Crippen LogP contribution in [0.15, 0.2) is 73.1 Å². The number of methoxy groups -OCH3 is 1. The average molecular weight is 605 g/mol. The quantitative estimate of drug-likeness (QED) is 0.147. The van der Waals surface area contributed by atoms with E-state index in [0.29, 0.717) is 41.8 Å². The molecule has 3 heterocycles. The van der Waals surface area contributed by atoms with Crippen molar-refractivity contribution in [1.82, 2.24) is 24.6 Å². The van der Waals surface area contributed by atoms with Gasteiger partial charge in [-0.05, 0) is 67.7 Å². The van der Waals surface area contributed by atoms with Crippen LogP contribution >= 0.6 is 0 Å². The van der Waals surface area contributed by atoms with Crippen LogP contribution in [-0.4, -0.2) is 49.7 Å². The molecule has 3 N–H and O–H groups in total. The Morgan fingerprint density at radius 3 is 2.64 bits per heavy atom. The highest BCUT2D eigenvalue weighted by atomic mass is 16.5. The molecule has 1 aliphatic carbocycles. The number of carbonyl (C=O) groups is 1. The molecule has 0 bridgehead atoms. The lowest BCUT2D eigenvalue weighted by Gasteiger charge is -2.28. The molecule has 0 radical (unpaired) electrons. The van der Waals surface area contributed by atoms with Crippen molar-refractivity contribution >= 4 is 39.9 Å². The van der Waals surface area contributed by atoms with Gasteiger partial charge in [0.05, 0.1) is 18.0 Å². The highest BCUT2D eigenvalue weighted by molar-refractivity contribution is 6.05. The predicted molar refractivity (Wildman–Crippen MR) is 179 cm³/mol. The molecule has 0 atom stereocenters. The first-order chi connectivity index (χ1) is 21.8. The van der Waals surface area contributed by atoms with E-state index in [2.05, 4.69) is 53.6 Å². The largest absolute Gasteiger partial charge is 0.381 e. The first kappa shape index (κ1) is 30.2. The van der Waals surface area contributed by atoms with Crippen molar-refractivity contribution < 1.29 is 9.53 Å². The fourth-order valence-corrected chi connectivity index (χ4v) is 5.89. The van der Waals surface area contributed by atoms with E-state index in [9.17, 15) is 4.79 Å². The fourth-order valence-electron chi connectivity index (χ4n) is 5.89. The molecular weight excluding hydrogens is 564 g/mol. The van der Waals surface area contributed by atoms with E-state index in [-0.39, 0.29) is 11.8 Å². The van der Waals surface area contributed by atoms with E-state index in [0.717, 1.165) is 64.5 Å². The van der Waals surface area contributed by atoms with Crippen LogP contribution in [0.2, 0.25) is 0 Å². The Bertz CT molecular complexity index is 1860. The molecule has 0 unspecified atom stereocenters. The van der Waals surface area contributed by atoms with Gasteiger partial charge in [0.25, 0.3) is 5.91 Å². The predicted octanol–water partition coefficient (Wildman–Crippen LogP) is 6.96. The van der Waals surface area contributed by atoms with Gasteiger partial charge in [0, 0.05) is 53.7 Å². The minimum Gasteiger partial charge on any atom is -0.381 e. The molecular formula is C35H40N8O2. The summed E-state index contributed by atoms with van der Waals surface area (Å²) in [6.07, 6.45) is 8.08. The summed E-state index contributed by atoms with van der Waals surface area (Å²) in [5.41, 5.74) is 5.99. The maximum Gasteiger partial charge on any atom is 0.250 e. The smallest absolute Gasteiger partial charge is 0.250 e. The maximum atomic E-state index is 12.2. The molecule has 5 aromatic rings. The lowest BCUT2D eigenvalue weighted by molar-refractivity contribution is -0.112. The Kier molecular flexibility index (Phi) is 8.75. The minimum absolute atomic E-state index is 0.201. The maximum absolute atomic E-state index is 12.2. The number of anilines is 3. The molecule has 2 aromatic carbocycles. The zero-order valence-corrected chi connectivity index (χ0v) is 26.3. The molecule has 0 aliphatic heterocycles. The zero-order valence-electron chi connectivity index (χ0n) is 26.3. The molecule has 1 saturated carbocycles. The van der Waals surface area contributed by atoms with Gasteiger partial charge in [0.2, 0.25) is 11.9 Å². The van der Waals surface area contributed by atoms with Gasteiger partial charge in [-0.25, -0.2) is 0 Å². The van der Waals surface area contributed by atoms with E-state index >= 15 is 0 Å². The number of hydrogen-bond donors (Lipinski definition) is 3. The lowest BCUT2D eigenvalue weighted by atomic mass is 9.93. The molecule has 6 rings (SSSR count). The summed E-state index contributed by atoms with van der Waals surface area (Å²) in [5.74, 6) is 1.29. The molecule has 10 heteroatoms. The summed E-state index contributed by atoms with van der Waals surface area (Å²) >= 11 is 0. The van der Waals surface area contributed by atoms with Crippen LogP contribution in [0.3, 0.4) is 0 Å². The summed E-state index contributed by atoms with van der Waals surface area (Å²) < 4.78 is 7.35. The number of rotatable bonds is 10. The van der Waals surface area contributed by atoms with Gasteiger partial charge in [-0.3, -0.25) is 9.78 Å². The van der Waals surface area contributed by atoms with Gasteiger partial charge < -0.3 is 20.7 Å². The van der Waals surface area contributed by atoms with Crippen molar-refractivity contribution in [2.24, 2.45) is 0 Å². The van der Waals surface area contributed by atoms with E-state index in [1.807, 2.05) is 42.6 Å². The molecule has 0 spiro atoms. The number of amides is 1. The highest BCUT2D eigenvalue weighted by Crippen LogP contribution is 2.32. The number of carbonyl (C=O) groups excluding carboxylic acids is 1. The second kappa shape index (κ2) is 13.0. The van der Waals surface area contributed by atoms with E-state index in [1.165, 1.54) is 0 Å². The normalized spacial score (nSPS) is 16.6. The fraction of sp³-hybridized carbons (Fsp3) is 0.343. The molecule has 10 nitrogen and oxygen atoms in total. The third-order valence-electron chi connectivity index (χ3n) is 8.48. The monoisotopic (exact) mass is 604 g/mol. The number of nitrogens with zero attached hydrogens (tertiary/aromatic N) is 5. The third-order valence-corrected chi connectivity index (χ3v) is 8.48. The minimum atomic E-state index is -0.201. The summed E-state index contributed by atoms with van der Waals surface area (Å²) in [7, 11) is 1.79. The van der Waals surface area contributed by atoms with Crippen LogP contribution < -0.4 is 16.0 Å². The van der Waals surface area contributed by atoms with Crippen LogP contribution in [0.1, 0.15) is 63.5 Å². The number of aromatic nitrogens is 5. The van der Waals surface area contributed by atoms with Crippen molar-refractivity contribution in [3.05, 3.63) is 84.2 Å². The van der Waals surface area contributed by atoms with E-state index in [1.54, 1.807) is 24.7 Å². The van der Waals surface area contributed by atoms with Gasteiger partial charge in [-0.2, -0.15) is 19.6 Å². The lowest BCUT2D eigenvalue weighted by Crippen LogP contribution is -2.30. The van der Waals surface area contributed by atoms with Crippen LogP contribution in [0.5, 0.6) is 0 Å². The van der Waals surface area contributed by atoms with Crippen molar-refractivity contribution in [2.75, 3.05) is 23.1 Å². The van der Waals surface area contributed by atoms with Crippen molar-refractivity contribution in [1.29, 1.82) is 0 Å². The molecule has 1 fully saturated rings. The summed E-state index contributed by atoms with van der Waals surface area (Å²) in [6, 6.07) is 16.3. The summed E-state index contributed by atoms with van der Waals surface area (Å²) in [5, 5.41) is 16.7. The SMILES string of the molecule is C=C(C)C(=O)Nc1ccc2c(-c3ccccc3CNc3nc(NC4CCC(OC)CC4)nc4c(C(C)C)cnn34)nccc2c1. The molecule has 45 heavy (non-hydrogen) atoms. The Hall–Kier alpha value is -4.83. The molecule has 3 aromatic heterocycles. The standard InChI is InChI=1S/C35H40N8O2/c1-21(2)30-20-38-43-32(30)41-34(40-25-10-13-27(45-5)14-11-25)42-35(43)37-19-24-8-6-7-9-28(24)31-29-15-12-26(39-33(44)22(3)4)18-23(29)16-17-36-31/h6-9,12,15-18,20-21,25,27H,3,10-11,13-14,19H2,1-2,4-5H3,(H,39,44)(H2,37,40,41,42). The van der Waals surface area contributed by atoms with Gasteiger partial charge in [0.1, 0.15) is 0 Å². The van der Waals surface area contributed by atoms with Crippen LogP contribution in [0.25, 0.3) is 27.7 Å². The zero-order chi connectivity index (χ0) is 31.5. The molecule has 1 aliphatic rings. The molecule has 232 valence electrons. The second-order valence-electron chi connectivity index (χ2n) is 12.1. The Labute approximate surface area is 263 Å². The van der Waals surface area contributed by atoms with Gasteiger partial charge >= 0.3 is 0 Å².